The van der Waals surface area contributed by atoms with Crippen LogP contribution in [0, 0.1) is 0 Å². The molecule has 0 fully saturated rings. The highest BCUT2D eigenvalue weighted by Crippen LogP contribution is 2.14. The van der Waals surface area contributed by atoms with Gasteiger partial charge in [-0.1, -0.05) is 37.3 Å². The average Bonchev–Trinajstić information content (AvgIpc) is 2.30. The number of quaternary nitrogens is 1. The first kappa shape index (κ1) is 12.3. The molecule has 0 radical (unpaired) electrons. The smallest absolute Gasteiger partial charge is 0.104 e. The molecule has 1 nitrogen and oxygen atoms in total. The number of nitrogens with zero attached hydrogens (tertiary/aromatic N) is 1. The van der Waals surface area contributed by atoms with E-state index >= 15 is 0 Å². The molecule has 0 saturated carbocycles. The van der Waals surface area contributed by atoms with Crippen LogP contribution in [0.3, 0.4) is 0 Å². The number of hydrogen-bond donors (Lipinski definition) is 0. The summed E-state index contributed by atoms with van der Waals surface area (Å²) in [5.74, 6) is 0. The zero-order valence-corrected chi connectivity index (χ0v) is 10.4. The molecule has 0 aliphatic carbocycles. The second-order valence-corrected chi connectivity index (χ2v) is 4.34. The lowest BCUT2D eigenvalue weighted by Crippen LogP contribution is -2.47. The standard InChI is InChI=1S/C14H24N/c1-4-12-15(5-2,6-3)13-14-10-8-7-9-11-14/h7-11H,4-6,12-13H2,1-3H3/q+1. The van der Waals surface area contributed by atoms with Gasteiger partial charge in [-0.3, -0.25) is 0 Å². The molecular formula is C14H24N+. The van der Waals surface area contributed by atoms with E-state index in [9.17, 15) is 0 Å². The third-order valence-electron chi connectivity index (χ3n) is 3.40. The Morgan fingerprint density at radius 3 is 2.00 bits per heavy atom. The molecular weight excluding hydrogens is 182 g/mol. The molecule has 0 spiro atoms. The molecule has 0 N–H and O–H groups in total. The lowest BCUT2D eigenvalue weighted by Gasteiger charge is -2.36. The molecule has 0 amide bonds. The molecule has 1 heteroatoms. The van der Waals surface area contributed by atoms with E-state index in [1.54, 1.807) is 0 Å². The van der Waals surface area contributed by atoms with Crippen LogP contribution < -0.4 is 0 Å². The first-order chi connectivity index (χ1) is 7.26. The maximum Gasteiger partial charge on any atom is 0.104 e. The number of rotatable bonds is 6. The van der Waals surface area contributed by atoms with Crippen LogP contribution in [0.15, 0.2) is 30.3 Å². The molecule has 0 heterocycles. The van der Waals surface area contributed by atoms with Crippen LogP contribution in [-0.4, -0.2) is 24.1 Å². The minimum absolute atomic E-state index is 1.18. The van der Waals surface area contributed by atoms with Crippen molar-refractivity contribution in [2.75, 3.05) is 19.6 Å². The van der Waals surface area contributed by atoms with Crippen molar-refractivity contribution in [2.24, 2.45) is 0 Å². The molecule has 0 unspecified atom stereocenters. The van der Waals surface area contributed by atoms with Gasteiger partial charge in [0.15, 0.2) is 0 Å². The molecule has 0 bridgehead atoms. The van der Waals surface area contributed by atoms with Crippen molar-refractivity contribution >= 4 is 0 Å². The van der Waals surface area contributed by atoms with E-state index in [0.717, 1.165) is 0 Å². The van der Waals surface area contributed by atoms with Crippen LogP contribution in [0.25, 0.3) is 0 Å². The summed E-state index contributed by atoms with van der Waals surface area (Å²) in [6, 6.07) is 10.9. The SMILES string of the molecule is CCC[N+](CC)(CC)Cc1ccccc1. The zero-order chi connectivity index (χ0) is 11.1. The molecule has 0 saturated heterocycles. The highest BCUT2D eigenvalue weighted by atomic mass is 15.3. The summed E-state index contributed by atoms with van der Waals surface area (Å²) in [6.45, 7) is 11.8. The van der Waals surface area contributed by atoms with Crippen LogP contribution in [0.4, 0.5) is 0 Å². The number of benzene rings is 1. The highest BCUT2D eigenvalue weighted by Gasteiger charge is 2.21. The summed E-state index contributed by atoms with van der Waals surface area (Å²) in [6.07, 6.45) is 1.27. The Kier molecular flexibility index (Phi) is 4.83. The van der Waals surface area contributed by atoms with Gasteiger partial charge in [-0.05, 0) is 20.3 Å². The minimum Gasteiger partial charge on any atom is -0.320 e. The predicted octanol–water partition coefficient (Wildman–Crippen LogP) is 3.45. The maximum absolute atomic E-state index is 2.31. The summed E-state index contributed by atoms with van der Waals surface area (Å²) in [7, 11) is 0. The lowest BCUT2D eigenvalue weighted by atomic mass is 10.1. The molecule has 1 aromatic rings. The maximum atomic E-state index is 2.31. The minimum atomic E-state index is 1.18. The summed E-state index contributed by atoms with van der Waals surface area (Å²) in [5, 5.41) is 0. The fraction of sp³-hybridized carbons (Fsp3) is 0.571. The second kappa shape index (κ2) is 5.92. The van der Waals surface area contributed by atoms with Gasteiger partial charge in [0.25, 0.3) is 0 Å². The van der Waals surface area contributed by atoms with Gasteiger partial charge >= 0.3 is 0 Å². The predicted molar refractivity (Wildman–Crippen MR) is 66.6 cm³/mol. The monoisotopic (exact) mass is 206 g/mol. The zero-order valence-electron chi connectivity index (χ0n) is 10.4. The van der Waals surface area contributed by atoms with Crippen molar-refractivity contribution in [3.63, 3.8) is 0 Å². The summed E-state index contributed by atoms with van der Waals surface area (Å²) < 4.78 is 1.22. The van der Waals surface area contributed by atoms with E-state index in [4.69, 9.17) is 0 Å². The molecule has 84 valence electrons. The van der Waals surface area contributed by atoms with E-state index in [1.165, 1.54) is 42.6 Å². The van der Waals surface area contributed by atoms with E-state index in [2.05, 4.69) is 51.1 Å². The third kappa shape index (κ3) is 3.35. The van der Waals surface area contributed by atoms with Gasteiger partial charge in [0.1, 0.15) is 6.54 Å². The Hall–Kier alpha value is -0.820. The summed E-state index contributed by atoms with van der Waals surface area (Å²) in [4.78, 5) is 0. The first-order valence-corrected chi connectivity index (χ1v) is 6.15. The molecule has 1 aromatic carbocycles. The van der Waals surface area contributed by atoms with E-state index in [1.807, 2.05) is 0 Å². The van der Waals surface area contributed by atoms with Crippen LogP contribution in [-0.2, 0) is 6.54 Å². The van der Waals surface area contributed by atoms with Gasteiger partial charge in [-0.25, -0.2) is 0 Å². The van der Waals surface area contributed by atoms with Gasteiger partial charge in [0.2, 0.25) is 0 Å². The largest absolute Gasteiger partial charge is 0.320 e. The Balaban J connectivity index is 2.74. The van der Waals surface area contributed by atoms with E-state index < -0.39 is 0 Å². The Bertz CT molecular complexity index is 262. The number of hydrogen-bond acceptors (Lipinski definition) is 0. The van der Waals surface area contributed by atoms with Crippen LogP contribution in [0.2, 0.25) is 0 Å². The fourth-order valence-electron chi connectivity index (χ4n) is 2.29. The molecule has 0 aliphatic heterocycles. The molecule has 0 atom stereocenters. The highest BCUT2D eigenvalue weighted by molar-refractivity contribution is 5.13. The van der Waals surface area contributed by atoms with Crippen molar-refractivity contribution in [2.45, 2.75) is 33.7 Å². The fourth-order valence-corrected chi connectivity index (χ4v) is 2.29. The van der Waals surface area contributed by atoms with Gasteiger partial charge in [0, 0.05) is 5.56 Å². The quantitative estimate of drug-likeness (QED) is 0.625. The van der Waals surface area contributed by atoms with E-state index in [-0.39, 0.29) is 0 Å². The van der Waals surface area contributed by atoms with Crippen molar-refractivity contribution < 1.29 is 4.48 Å². The van der Waals surface area contributed by atoms with Crippen LogP contribution in [0.5, 0.6) is 0 Å². The Morgan fingerprint density at radius 2 is 1.53 bits per heavy atom. The van der Waals surface area contributed by atoms with Gasteiger partial charge in [0.05, 0.1) is 19.6 Å². The van der Waals surface area contributed by atoms with Crippen LogP contribution >= 0.6 is 0 Å². The third-order valence-corrected chi connectivity index (χ3v) is 3.40. The normalized spacial score (nSPS) is 11.7. The molecule has 1 rings (SSSR count). The van der Waals surface area contributed by atoms with Crippen LogP contribution in [0.1, 0.15) is 32.8 Å². The average molecular weight is 206 g/mol. The van der Waals surface area contributed by atoms with Crippen molar-refractivity contribution in [3.8, 4) is 0 Å². The lowest BCUT2D eigenvalue weighted by molar-refractivity contribution is -0.937. The van der Waals surface area contributed by atoms with Gasteiger partial charge in [-0.15, -0.1) is 0 Å². The molecule has 0 aliphatic rings. The Labute approximate surface area is 94.3 Å². The summed E-state index contributed by atoms with van der Waals surface area (Å²) >= 11 is 0. The van der Waals surface area contributed by atoms with Gasteiger partial charge < -0.3 is 4.48 Å². The summed E-state index contributed by atoms with van der Waals surface area (Å²) in [5.41, 5.74) is 1.47. The molecule has 15 heavy (non-hydrogen) atoms. The molecule has 0 aromatic heterocycles. The Morgan fingerprint density at radius 1 is 0.933 bits per heavy atom. The van der Waals surface area contributed by atoms with Gasteiger partial charge in [-0.2, -0.15) is 0 Å². The van der Waals surface area contributed by atoms with Crippen molar-refractivity contribution in [1.82, 2.24) is 0 Å². The first-order valence-electron chi connectivity index (χ1n) is 6.15. The van der Waals surface area contributed by atoms with E-state index in [0.29, 0.717) is 0 Å². The van der Waals surface area contributed by atoms with Crippen molar-refractivity contribution in [1.29, 1.82) is 0 Å². The van der Waals surface area contributed by atoms with Crippen molar-refractivity contribution in [3.05, 3.63) is 35.9 Å². The topological polar surface area (TPSA) is 0 Å². The second-order valence-electron chi connectivity index (χ2n) is 4.34.